The summed E-state index contributed by atoms with van der Waals surface area (Å²) in [5.41, 5.74) is 0.163. The van der Waals surface area contributed by atoms with E-state index in [4.69, 9.17) is 0 Å². The molecule has 0 aliphatic heterocycles. The Hall–Kier alpha value is -3.16. The topological polar surface area (TPSA) is 78.0 Å². The highest BCUT2D eigenvalue weighted by molar-refractivity contribution is 5.80. The van der Waals surface area contributed by atoms with Gasteiger partial charge in [-0.25, -0.2) is 9.18 Å². The quantitative estimate of drug-likeness (QED) is 0.748. The van der Waals surface area contributed by atoms with Crippen molar-refractivity contribution in [3.8, 4) is 0 Å². The number of nitrogens with one attached hydrogen (secondary N) is 1. The van der Waals surface area contributed by atoms with Gasteiger partial charge in [0.15, 0.2) is 0 Å². The van der Waals surface area contributed by atoms with Gasteiger partial charge in [0.2, 0.25) is 5.91 Å². The van der Waals surface area contributed by atoms with Crippen LogP contribution in [0.4, 0.5) is 4.39 Å². The van der Waals surface area contributed by atoms with Crippen molar-refractivity contribution >= 4 is 16.9 Å². The molecule has 25 heavy (non-hydrogen) atoms. The second-order valence-electron chi connectivity index (χ2n) is 5.79. The number of aromatic nitrogens is 3. The third-order valence-corrected chi connectivity index (χ3v) is 4.05. The van der Waals surface area contributed by atoms with E-state index in [-0.39, 0.29) is 24.8 Å². The number of rotatable bonds is 4. The van der Waals surface area contributed by atoms with Crippen molar-refractivity contribution in [2.24, 2.45) is 14.1 Å². The summed E-state index contributed by atoms with van der Waals surface area (Å²) in [6, 6.07) is 7.54. The summed E-state index contributed by atoms with van der Waals surface area (Å²) in [6.07, 6.45) is 1.59. The second kappa shape index (κ2) is 6.39. The van der Waals surface area contributed by atoms with Crippen molar-refractivity contribution < 1.29 is 9.18 Å². The van der Waals surface area contributed by atoms with E-state index >= 15 is 0 Å². The lowest BCUT2D eigenvalue weighted by molar-refractivity contribution is -0.121. The molecule has 0 bridgehead atoms. The molecule has 8 heteroatoms. The van der Waals surface area contributed by atoms with Crippen LogP contribution in [0.3, 0.4) is 0 Å². The Morgan fingerprint density at radius 1 is 1.16 bits per heavy atom. The number of aryl methyl sites for hydroxylation is 1. The van der Waals surface area contributed by atoms with Crippen LogP contribution in [0.5, 0.6) is 0 Å². The fraction of sp³-hybridized carbons (Fsp3) is 0.235. The molecular formula is C17H17FN4O3. The first-order valence-electron chi connectivity index (χ1n) is 7.64. The van der Waals surface area contributed by atoms with Crippen molar-refractivity contribution in [1.82, 2.24) is 19.0 Å². The molecule has 0 spiro atoms. The van der Waals surface area contributed by atoms with Crippen LogP contribution in [0, 0.1) is 5.82 Å². The Labute approximate surface area is 141 Å². The summed E-state index contributed by atoms with van der Waals surface area (Å²) in [5.74, 6) is -0.677. The van der Waals surface area contributed by atoms with Crippen LogP contribution in [0.1, 0.15) is 5.56 Å². The molecule has 0 saturated carbocycles. The Morgan fingerprint density at radius 2 is 1.92 bits per heavy atom. The summed E-state index contributed by atoms with van der Waals surface area (Å²) in [6.45, 7) is 0.135. The van der Waals surface area contributed by atoms with E-state index < -0.39 is 11.2 Å². The Balaban J connectivity index is 1.82. The van der Waals surface area contributed by atoms with Crippen molar-refractivity contribution in [2.75, 3.05) is 0 Å². The number of hydrogen-bond donors (Lipinski definition) is 1. The maximum absolute atomic E-state index is 13.1. The summed E-state index contributed by atoms with van der Waals surface area (Å²) >= 11 is 0. The summed E-state index contributed by atoms with van der Waals surface area (Å²) in [4.78, 5) is 36.4. The van der Waals surface area contributed by atoms with Gasteiger partial charge in [-0.15, -0.1) is 0 Å². The Bertz CT molecular complexity index is 1080. The predicted octanol–water partition coefficient (Wildman–Crippen LogP) is 0.494. The first kappa shape index (κ1) is 16.7. The van der Waals surface area contributed by atoms with E-state index in [1.807, 2.05) is 0 Å². The molecule has 3 aromatic rings. The van der Waals surface area contributed by atoms with Crippen LogP contribution in [0.2, 0.25) is 0 Å². The molecule has 0 saturated heterocycles. The molecule has 7 nitrogen and oxygen atoms in total. The lowest BCUT2D eigenvalue weighted by Crippen LogP contribution is -2.37. The summed E-state index contributed by atoms with van der Waals surface area (Å²) in [7, 11) is 2.96. The van der Waals surface area contributed by atoms with Crippen molar-refractivity contribution in [2.45, 2.75) is 13.1 Å². The van der Waals surface area contributed by atoms with Gasteiger partial charge in [0.25, 0.3) is 5.56 Å². The molecule has 1 N–H and O–H groups in total. The zero-order valence-corrected chi connectivity index (χ0v) is 13.8. The van der Waals surface area contributed by atoms with Crippen LogP contribution in [0.25, 0.3) is 11.0 Å². The second-order valence-corrected chi connectivity index (χ2v) is 5.79. The minimum atomic E-state index is -0.461. The molecule has 1 aromatic carbocycles. The van der Waals surface area contributed by atoms with Gasteiger partial charge in [-0.1, -0.05) is 12.1 Å². The van der Waals surface area contributed by atoms with Crippen LogP contribution < -0.4 is 16.6 Å². The third-order valence-electron chi connectivity index (χ3n) is 4.05. The molecule has 2 heterocycles. The van der Waals surface area contributed by atoms with E-state index in [9.17, 15) is 18.8 Å². The fourth-order valence-corrected chi connectivity index (χ4v) is 2.77. The normalized spacial score (nSPS) is 11.0. The van der Waals surface area contributed by atoms with Gasteiger partial charge in [-0.05, 0) is 23.8 Å². The van der Waals surface area contributed by atoms with E-state index in [0.29, 0.717) is 16.6 Å². The maximum Gasteiger partial charge on any atom is 0.332 e. The largest absolute Gasteiger partial charge is 0.350 e. The van der Waals surface area contributed by atoms with E-state index in [1.165, 1.54) is 23.7 Å². The van der Waals surface area contributed by atoms with Gasteiger partial charge in [0.05, 0.1) is 5.39 Å². The van der Waals surface area contributed by atoms with E-state index in [0.717, 1.165) is 4.57 Å². The van der Waals surface area contributed by atoms with Gasteiger partial charge in [-0.3, -0.25) is 18.7 Å². The number of amides is 1. The molecule has 3 rings (SSSR count). The van der Waals surface area contributed by atoms with Crippen molar-refractivity contribution in [3.05, 3.63) is 68.7 Å². The van der Waals surface area contributed by atoms with Gasteiger partial charge in [-0.2, -0.15) is 0 Å². The molecule has 1 amide bonds. The smallest absolute Gasteiger partial charge is 0.332 e. The van der Waals surface area contributed by atoms with E-state index in [1.54, 1.807) is 36.0 Å². The number of hydrogen-bond acceptors (Lipinski definition) is 3. The highest BCUT2D eigenvalue weighted by atomic mass is 19.1. The fourth-order valence-electron chi connectivity index (χ4n) is 2.77. The SMILES string of the molecule is Cn1c(=O)c2ccn(CC(=O)NCc3cccc(F)c3)c2n(C)c1=O. The Morgan fingerprint density at radius 3 is 2.64 bits per heavy atom. The number of carbonyl (C=O) groups is 1. The first-order valence-corrected chi connectivity index (χ1v) is 7.64. The molecule has 0 atom stereocenters. The van der Waals surface area contributed by atoms with Crippen molar-refractivity contribution in [1.29, 1.82) is 0 Å². The molecule has 0 unspecified atom stereocenters. The first-order chi connectivity index (χ1) is 11.9. The molecule has 0 aliphatic rings. The Kier molecular flexibility index (Phi) is 4.26. The van der Waals surface area contributed by atoms with Crippen LogP contribution in [-0.4, -0.2) is 19.6 Å². The van der Waals surface area contributed by atoms with Gasteiger partial charge in [0.1, 0.15) is 18.0 Å². The monoisotopic (exact) mass is 344 g/mol. The number of fused-ring (bicyclic) bond motifs is 1. The number of carbonyl (C=O) groups excluding carboxylic acids is 1. The summed E-state index contributed by atoms with van der Waals surface area (Å²) in [5, 5.41) is 3.06. The lowest BCUT2D eigenvalue weighted by atomic mass is 10.2. The number of halogens is 1. The zero-order chi connectivity index (χ0) is 18.1. The van der Waals surface area contributed by atoms with Crippen LogP contribution in [-0.2, 0) is 32.0 Å². The van der Waals surface area contributed by atoms with Crippen LogP contribution in [0.15, 0.2) is 46.1 Å². The van der Waals surface area contributed by atoms with Gasteiger partial charge < -0.3 is 9.88 Å². The molecule has 2 aromatic heterocycles. The highest BCUT2D eigenvalue weighted by Crippen LogP contribution is 2.09. The third kappa shape index (κ3) is 3.10. The zero-order valence-electron chi connectivity index (χ0n) is 13.8. The molecule has 0 aliphatic carbocycles. The lowest BCUT2D eigenvalue weighted by Gasteiger charge is -2.10. The standard InChI is InChI=1S/C17H17FN4O3/c1-20-15-13(16(24)21(2)17(20)25)6-7-22(15)10-14(23)19-9-11-4-3-5-12(18)8-11/h3-8H,9-10H2,1-2H3,(H,19,23). The van der Waals surface area contributed by atoms with E-state index in [2.05, 4.69) is 5.32 Å². The molecular weight excluding hydrogens is 327 g/mol. The predicted molar refractivity (Wildman–Crippen MR) is 90.7 cm³/mol. The molecule has 0 fully saturated rings. The number of nitrogens with zero attached hydrogens (tertiary/aromatic N) is 3. The van der Waals surface area contributed by atoms with Gasteiger partial charge in [0, 0.05) is 26.8 Å². The average Bonchev–Trinajstić information content (AvgIpc) is 3.00. The van der Waals surface area contributed by atoms with Gasteiger partial charge >= 0.3 is 5.69 Å². The minimum absolute atomic E-state index is 0.0563. The average molecular weight is 344 g/mol. The maximum atomic E-state index is 13.1. The molecule has 130 valence electrons. The van der Waals surface area contributed by atoms with Crippen molar-refractivity contribution in [3.63, 3.8) is 0 Å². The van der Waals surface area contributed by atoms with Crippen LogP contribution >= 0.6 is 0 Å². The minimum Gasteiger partial charge on any atom is -0.350 e. The highest BCUT2D eigenvalue weighted by Gasteiger charge is 2.14. The summed E-state index contributed by atoms with van der Waals surface area (Å²) < 4.78 is 17.0. The molecule has 0 radical (unpaired) electrons. The number of benzene rings is 1.